The van der Waals surface area contributed by atoms with E-state index in [4.69, 9.17) is 37.0 Å². The molecule has 0 amide bonds. The largest absolute Gasteiger partial charge is 0.472 e. The molecule has 0 radical (unpaired) electrons. The first-order chi connectivity index (χ1) is 36.2. The third-order valence-corrected chi connectivity index (χ3v) is 14.8. The van der Waals surface area contributed by atoms with Crippen LogP contribution in [0.25, 0.3) is 0 Å². The van der Waals surface area contributed by atoms with Crippen LogP contribution in [0.5, 0.6) is 0 Å². The number of phosphoric ester groups is 2. The summed E-state index contributed by atoms with van der Waals surface area (Å²) < 4.78 is 67.4. The van der Waals surface area contributed by atoms with Crippen molar-refractivity contribution < 1.29 is 80.2 Å². The average Bonchev–Trinajstić information content (AvgIpc) is 3.36. The molecule has 0 fully saturated rings. The maximum absolute atomic E-state index is 12.9. The molecule has 0 aliphatic carbocycles. The molecule has 0 aromatic carbocycles. The molecule has 5 atom stereocenters. The molecule has 2 unspecified atom stereocenters. The van der Waals surface area contributed by atoms with Gasteiger partial charge in [-0.1, -0.05) is 215 Å². The van der Waals surface area contributed by atoms with Crippen LogP contribution in [0.2, 0.25) is 0 Å². The Morgan fingerprint density at radius 2 is 0.605 bits per heavy atom. The number of hydrogen-bond donors (Lipinski definition) is 3. The maximum Gasteiger partial charge on any atom is 0.472 e. The van der Waals surface area contributed by atoms with Crippen LogP contribution in [0.1, 0.15) is 267 Å². The molecule has 76 heavy (non-hydrogen) atoms. The van der Waals surface area contributed by atoms with Gasteiger partial charge in [0.25, 0.3) is 0 Å². The number of carbonyl (C=O) groups is 4. The number of aliphatic hydroxyl groups is 1. The molecule has 0 rings (SSSR count). The minimum absolute atomic E-state index is 0.100. The van der Waals surface area contributed by atoms with E-state index in [9.17, 15) is 43.2 Å². The van der Waals surface area contributed by atoms with Crippen LogP contribution >= 0.6 is 15.6 Å². The smallest absolute Gasteiger partial charge is 0.462 e. The lowest BCUT2D eigenvalue weighted by molar-refractivity contribution is -0.161. The molecule has 3 N–H and O–H groups in total. The second kappa shape index (κ2) is 48.9. The Morgan fingerprint density at radius 1 is 0.355 bits per heavy atom. The summed E-state index contributed by atoms with van der Waals surface area (Å²) in [6.45, 7) is 11.5. The van der Waals surface area contributed by atoms with Crippen molar-refractivity contribution in [3.05, 3.63) is 0 Å². The molecular weight excluding hydrogens is 1020 g/mol. The Kier molecular flexibility index (Phi) is 47.7. The second-order valence-corrected chi connectivity index (χ2v) is 25.0. The van der Waals surface area contributed by atoms with Gasteiger partial charge in [-0.25, -0.2) is 9.13 Å². The predicted octanol–water partition coefficient (Wildman–Crippen LogP) is 14.8. The highest BCUT2D eigenvalue weighted by molar-refractivity contribution is 7.47. The van der Waals surface area contributed by atoms with Crippen LogP contribution in [0.3, 0.4) is 0 Å². The van der Waals surface area contributed by atoms with Crippen LogP contribution in [0, 0.1) is 17.8 Å². The Morgan fingerprint density at radius 3 is 0.895 bits per heavy atom. The standard InChI is InChI=1S/C57H110O17P2/c1-8-9-10-21-31-38-54(59)67-44-52(74-57(62)41-34-27-20-18-24-30-37-50(6)7)46-71-75(63,64)69-42-51(58)43-70-76(65,66)72-47-53(45-68-55(60)39-32-25-19-17-23-29-36-49(4)5)73-56(61)40-33-26-16-14-12-11-13-15-22-28-35-48(2)3/h48-53,58H,8-47H2,1-7H3,(H,63,64)(H,65,66)/t51-,52+,53+/m0/s1. The van der Waals surface area contributed by atoms with Gasteiger partial charge >= 0.3 is 39.5 Å². The third kappa shape index (κ3) is 51.5. The van der Waals surface area contributed by atoms with E-state index >= 15 is 0 Å². The minimum atomic E-state index is -4.94. The van der Waals surface area contributed by atoms with Gasteiger partial charge in [0.2, 0.25) is 0 Å². The molecule has 0 bridgehead atoms. The summed E-state index contributed by atoms with van der Waals surface area (Å²) in [6, 6.07) is 0. The minimum Gasteiger partial charge on any atom is -0.462 e. The maximum atomic E-state index is 12.9. The summed E-state index contributed by atoms with van der Waals surface area (Å²) in [4.78, 5) is 71.6. The number of rotatable bonds is 55. The van der Waals surface area contributed by atoms with E-state index in [2.05, 4.69) is 48.5 Å². The molecule has 0 spiro atoms. The number of esters is 4. The van der Waals surface area contributed by atoms with Crippen molar-refractivity contribution in [1.82, 2.24) is 0 Å². The van der Waals surface area contributed by atoms with Crippen molar-refractivity contribution >= 4 is 39.5 Å². The van der Waals surface area contributed by atoms with E-state index in [1.807, 2.05) is 0 Å². The predicted molar refractivity (Wildman–Crippen MR) is 298 cm³/mol. The zero-order valence-electron chi connectivity index (χ0n) is 48.7. The highest BCUT2D eigenvalue weighted by atomic mass is 31.2. The fourth-order valence-corrected chi connectivity index (χ4v) is 9.82. The Balaban J connectivity index is 5.19. The normalized spacial score (nSPS) is 14.6. The Hall–Kier alpha value is -1.94. The second-order valence-electron chi connectivity index (χ2n) is 22.1. The summed E-state index contributed by atoms with van der Waals surface area (Å²) in [5.74, 6) is -0.0610. The quantitative estimate of drug-likeness (QED) is 0.0222. The Labute approximate surface area is 460 Å². The summed E-state index contributed by atoms with van der Waals surface area (Å²) in [7, 11) is -9.86. The van der Waals surface area contributed by atoms with E-state index < -0.39 is 97.5 Å². The molecule has 0 aliphatic heterocycles. The van der Waals surface area contributed by atoms with E-state index in [-0.39, 0.29) is 25.7 Å². The highest BCUT2D eigenvalue weighted by Crippen LogP contribution is 2.45. The summed E-state index contributed by atoms with van der Waals surface area (Å²) in [5, 5.41) is 10.5. The topological polar surface area (TPSA) is 237 Å². The van der Waals surface area contributed by atoms with Crippen molar-refractivity contribution in [2.45, 2.75) is 285 Å². The van der Waals surface area contributed by atoms with Gasteiger partial charge in [-0.05, 0) is 43.4 Å². The third-order valence-electron chi connectivity index (χ3n) is 12.9. The van der Waals surface area contributed by atoms with Gasteiger partial charge < -0.3 is 33.8 Å². The van der Waals surface area contributed by atoms with E-state index in [0.717, 1.165) is 109 Å². The monoisotopic (exact) mass is 1130 g/mol. The number of unbranched alkanes of at least 4 members (excludes halogenated alkanes) is 23. The molecule has 0 saturated heterocycles. The SMILES string of the molecule is CCCCCCCC(=O)OC[C@H](COP(=O)(O)OC[C@H](O)COP(=O)(O)OC[C@@H](COC(=O)CCCCCCCCC(C)C)OC(=O)CCCCCCCCCCCCC(C)C)OC(=O)CCCCCCCCC(C)C. The molecule has 450 valence electrons. The first-order valence-electron chi connectivity index (χ1n) is 29.8. The van der Waals surface area contributed by atoms with Gasteiger partial charge in [-0.3, -0.25) is 37.3 Å². The van der Waals surface area contributed by atoms with Gasteiger partial charge in [0.1, 0.15) is 19.3 Å². The fraction of sp³-hybridized carbons (Fsp3) is 0.930. The number of phosphoric acid groups is 2. The molecule has 0 aromatic heterocycles. The molecule has 0 heterocycles. The molecule has 17 nitrogen and oxygen atoms in total. The molecule has 0 saturated carbocycles. The van der Waals surface area contributed by atoms with Crippen molar-refractivity contribution in [3.63, 3.8) is 0 Å². The first kappa shape index (κ1) is 74.1. The van der Waals surface area contributed by atoms with Gasteiger partial charge in [0.05, 0.1) is 26.4 Å². The van der Waals surface area contributed by atoms with Gasteiger partial charge in [-0.15, -0.1) is 0 Å². The van der Waals surface area contributed by atoms with Gasteiger partial charge in [0.15, 0.2) is 12.2 Å². The van der Waals surface area contributed by atoms with Gasteiger partial charge in [-0.2, -0.15) is 0 Å². The highest BCUT2D eigenvalue weighted by Gasteiger charge is 2.30. The van der Waals surface area contributed by atoms with E-state index in [0.29, 0.717) is 37.5 Å². The Bertz CT molecular complexity index is 1530. The average molecular weight is 1130 g/mol. The first-order valence-corrected chi connectivity index (χ1v) is 32.8. The number of aliphatic hydroxyl groups excluding tert-OH is 1. The molecule has 0 aliphatic rings. The summed E-state index contributed by atoms with van der Waals surface area (Å²) in [6.07, 6.45) is 27.3. The summed E-state index contributed by atoms with van der Waals surface area (Å²) in [5.41, 5.74) is 0. The van der Waals surface area contributed by atoms with Crippen LogP contribution in [0.4, 0.5) is 0 Å². The molecule has 19 heteroatoms. The number of ether oxygens (including phenoxy) is 4. The lowest BCUT2D eigenvalue weighted by Gasteiger charge is -2.21. The lowest BCUT2D eigenvalue weighted by Crippen LogP contribution is -2.30. The van der Waals surface area contributed by atoms with Crippen molar-refractivity contribution in [3.8, 4) is 0 Å². The van der Waals surface area contributed by atoms with Gasteiger partial charge in [0, 0.05) is 25.7 Å². The number of carbonyl (C=O) groups excluding carboxylic acids is 4. The number of hydrogen-bond acceptors (Lipinski definition) is 15. The van der Waals surface area contributed by atoms with Crippen LogP contribution in [0.15, 0.2) is 0 Å². The van der Waals surface area contributed by atoms with Crippen LogP contribution < -0.4 is 0 Å². The zero-order valence-corrected chi connectivity index (χ0v) is 50.5. The van der Waals surface area contributed by atoms with Crippen LogP contribution in [-0.4, -0.2) is 96.7 Å². The lowest BCUT2D eigenvalue weighted by atomic mass is 10.0. The molecular formula is C57H110O17P2. The van der Waals surface area contributed by atoms with E-state index in [1.165, 1.54) is 64.2 Å². The zero-order chi connectivity index (χ0) is 56.7. The van der Waals surface area contributed by atoms with E-state index in [1.54, 1.807) is 0 Å². The van der Waals surface area contributed by atoms with Crippen molar-refractivity contribution in [2.24, 2.45) is 17.8 Å². The van der Waals surface area contributed by atoms with Crippen LogP contribution in [-0.2, 0) is 65.4 Å². The molecule has 0 aromatic rings. The van der Waals surface area contributed by atoms with Crippen molar-refractivity contribution in [2.75, 3.05) is 39.6 Å². The fourth-order valence-electron chi connectivity index (χ4n) is 8.24. The van der Waals surface area contributed by atoms with Crippen molar-refractivity contribution in [1.29, 1.82) is 0 Å². The summed E-state index contributed by atoms with van der Waals surface area (Å²) >= 11 is 0.